The van der Waals surface area contributed by atoms with Crippen LogP contribution < -0.4 is 14.8 Å². The number of hydrogen-bond acceptors (Lipinski definition) is 5. The van der Waals surface area contributed by atoms with E-state index in [0.29, 0.717) is 12.3 Å². The molecule has 2 heterocycles. The molecule has 7 heteroatoms. The average Bonchev–Trinajstić information content (AvgIpc) is 3.09. The molecule has 1 fully saturated rings. The van der Waals surface area contributed by atoms with Crippen LogP contribution in [0.5, 0.6) is 11.5 Å². The molecular formula is C22H26N4O3. The molecule has 152 valence electrons. The largest absolute Gasteiger partial charge is 0.497 e. The van der Waals surface area contributed by atoms with Crippen LogP contribution in [0.15, 0.2) is 36.5 Å². The monoisotopic (exact) mass is 394 g/mol. The number of fused-ring (bicyclic) bond motifs is 1. The third-order valence-electron chi connectivity index (χ3n) is 5.53. The number of ether oxygens (including phenoxy) is 2. The van der Waals surface area contributed by atoms with E-state index in [2.05, 4.69) is 15.5 Å². The smallest absolute Gasteiger partial charge is 0.224 e. The number of nitrogens with zero attached hydrogens (tertiary/aromatic N) is 3. The number of carbonyl (C=O) groups is 1. The molecule has 1 aliphatic rings. The predicted molar refractivity (Wildman–Crippen MR) is 111 cm³/mol. The fourth-order valence-electron chi connectivity index (χ4n) is 3.65. The number of carbonyl (C=O) groups excluding carboxylic acids is 1. The van der Waals surface area contributed by atoms with Crippen LogP contribution in [-0.2, 0) is 11.2 Å². The third-order valence-corrected chi connectivity index (χ3v) is 5.53. The van der Waals surface area contributed by atoms with Crippen LogP contribution in [0.4, 0.5) is 5.69 Å². The van der Waals surface area contributed by atoms with Gasteiger partial charge in [0.05, 0.1) is 19.9 Å². The minimum atomic E-state index is -0.00454. The van der Waals surface area contributed by atoms with Crippen LogP contribution in [0.1, 0.15) is 49.4 Å². The predicted octanol–water partition coefficient (Wildman–Crippen LogP) is 3.98. The number of anilines is 1. The van der Waals surface area contributed by atoms with E-state index >= 15 is 0 Å². The second-order valence-electron chi connectivity index (χ2n) is 7.41. The lowest BCUT2D eigenvalue weighted by Crippen LogP contribution is -2.14. The maximum atomic E-state index is 12.4. The van der Waals surface area contributed by atoms with E-state index in [4.69, 9.17) is 9.47 Å². The molecule has 0 unspecified atom stereocenters. The molecule has 2 aromatic heterocycles. The van der Waals surface area contributed by atoms with Crippen molar-refractivity contribution in [1.29, 1.82) is 0 Å². The Morgan fingerprint density at radius 2 is 2.03 bits per heavy atom. The first-order chi connectivity index (χ1) is 14.2. The second kappa shape index (κ2) is 8.51. The molecular weight excluding hydrogens is 368 g/mol. The van der Waals surface area contributed by atoms with E-state index < -0.39 is 0 Å². The van der Waals surface area contributed by atoms with Crippen LogP contribution in [0.3, 0.4) is 0 Å². The number of methoxy groups -OCH3 is 2. The van der Waals surface area contributed by atoms with Crippen molar-refractivity contribution in [3.8, 4) is 11.5 Å². The highest BCUT2D eigenvalue weighted by Gasteiger charge is 2.24. The van der Waals surface area contributed by atoms with Gasteiger partial charge < -0.3 is 14.8 Å². The molecule has 0 aliphatic heterocycles. The Kier molecular flexibility index (Phi) is 5.64. The van der Waals surface area contributed by atoms with E-state index in [1.54, 1.807) is 14.2 Å². The summed E-state index contributed by atoms with van der Waals surface area (Å²) in [6, 6.07) is 9.53. The summed E-state index contributed by atoms with van der Waals surface area (Å²) in [7, 11) is 3.27. The van der Waals surface area contributed by atoms with Gasteiger partial charge in [-0.2, -0.15) is 0 Å². The highest BCUT2D eigenvalue weighted by atomic mass is 16.5. The van der Waals surface area contributed by atoms with Crippen molar-refractivity contribution in [1.82, 2.24) is 14.6 Å². The first-order valence-corrected chi connectivity index (χ1v) is 10.0. The summed E-state index contributed by atoms with van der Waals surface area (Å²) in [5, 5.41) is 11.6. The topological polar surface area (TPSA) is 77.8 Å². The van der Waals surface area contributed by atoms with Gasteiger partial charge in [0.25, 0.3) is 0 Å². The van der Waals surface area contributed by atoms with Gasteiger partial charge in [-0.05, 0) is 49.4 Å². The Bertz CT molecular complexity index is 1010. The number of rotatable bonds is 8. The quantitative estimate of drug-likeness (QED) is 0.625. The van der Waals surface area contributed by atoms with Gasteiger partial charge in [0.2, 0.25) is 5.91 Å². The van der Waals surface area contributed by atoms with Crippen molar-refractivity contribution in [2.24, 2.45) is 0 Å². The summed E-state index contributed by atoms with van der Waals surface area (Å²) < 4.78 is 12.6. The molecule has 4 rings (SSSR count). The number of pyridine rings is 1. The second-order valence-corrected chi connectivity index (χ2v) is 7.41. The molecule has 1 saturated carbocycles. The van der Waals surface area contributed by atoms with Gasteiger partial charge >= 0.3 is 0 Å². The summed E-state index contributed by atoms with van der Waals surface area (Å²) in [4.78, 5) is 12.4. The van der Waals surface area contributed by atoms with E-state index in [1.165, 1.54) is 6.42 Å². The molecule has 29 heavy (non-hydrogen) atoms. The van der Waals surface area contributed by atoms with E-state index in [-0.39, 0.29) is 5.91 Å². The Labute approximate surface area is 170 Å². The number of benzene rings is 1. The highest BCUT2D eigenvalue weighted by Crippen LogP contribution is 2.35. The highest BCUT2D eigenvalue weighted by molar-refractivity contribution is 5.90. The van der Waals surface area contributed by atoms with Gasteiger partial charge in [0, 0.05) is 24.6 Å². The van der Waals surface area contributed by atoms with Gasteiger partial charge in [-0.25, -0.2) is 0 Å². The van der Waals surface area contributed by atoms with Gasteiger partial charge in [-0.15, -0.1) is 10.2 Å². The van der Waals surface area contributed by atoms with Gasteiger partial charge in [0.15, 0.2) is 5.65 Å². The van der Waals surface area contributed by atoms with Crippen molar-refractivity contribution in [3.63, 3.8) is 0 Å². The zero-order valence-corrected chi connectivity index (χ0v) is 16.9. The Hall–Kier alpha value is -3.09. The van der Waals surface area contributed by atoms with E-state index in [1.807, 2.05) is 40.9 Å². The van der Waals surface area contributed by atoms with Crippen LogP contribution in [0.25, 0.3) is 5.65 Å². The van der Waals surface area contributed by atoms with Gasteiger partial charge in [-0.3, -0.25) is 9.20 Å². The van der Waals surface area contributed by atoms with Crippen LogP contribution in [-0.4, -0.2) is 34.7 Å². The van der Waals surface area contributed by atoms with Crippen molar-refractivity contribution in [2.75, 3.05) is 19.5 Å². The Morgan fingerprint density at radius 1 is 1.17 bits per heavy atom. The van der Waals surface area contributed by atoms with Crippen LogP contribution in [0.2, 0.25) is 0 Å². The van der Waals surface area contributed by atoms with Gasteiger partial charge in [0.1, 0.15) is 17.3 Å². The molecule has 0 radical (unpaired) electrons. The lowest BCUT2D eigenvalue weighted by Gasteiger charge is -2.23. The number of aromatic nitrogens is 3. The maximum Gasteiger partial charge on any atom is 0.224 e. The zero-order valence-electron chi connectivity index (χ0n) is 16.9. The summed E-state index contributed by atoms with van der Waals surface area (Å²) >= 11 is 0. The molecule has 1 aromatic carbocycles. The standard InChI is InChI=1S/C22H26N4O3/c1-28-18-11-9-15(19(13-18)29-2)5-4-8-21(27)23-17-10-12-20-24-25-22(26(20)14-17)16-6-3-7-16/h9-14,16H,3-8H2,1-2H3,(H,23,27). The van der Waals surface area contributed by atoms with E-state index in [9.17, 15) is 4.79 Å². The van der Waals surface area contributed by atoms with Crippen LogP contribution >= 0.6 is 0 Å². The van der Waals surface area contributed by atoms with E-state index in [0.717, 1.165) is 59.9 Å². The molecule has 7 nitrogen and oxygen atoms in total. The first kappa shape index (κ1) is 19.2. The van der Waals surface area contributed by atoms with Crippen molar-refractivity contribution in [2.45, 2.75) is 44.4 Å². The Balaban J connectivity index is 1.35. The lowest BCUT2D eigenvalue weighted by atomic mass is 9.85. The molecule has 3 aromatic rings. The Morgan fingerprint density at radius 3 is 2.76 bits per heavy atom. The zero-order chi connectivity index (χ0) is 20.2. The minimum absolute atomic E-state index is 0.00454. The summed E-state index contributed by atoms with van der Waals surface area (Å²) in [5.41, 5.74) is 2.65. The van der Waals surface area contributed by atoms with Crippen LogP contribution in [0, 0.1) is 0 Å². The fraction of sp³-hybridized carbons (Fsp3) is 0.409. The first-order valence-electron chi connectivity index (χ1n) is 10.0. The fourth-order valence-corrected chi connectivity index (χ4v) is 3.65. The molecule has 0 bridgehead atoms. The molecule has 1 aliphatic carbocycles. The molecule has 0 saturated heterocycles. The van der Waals surface area contributed by atoms with Crippen molar-refractivity contribution >= 4 is 17.2 Å². The van der Waals surface area contributed by atoms with Gasteiger partial charge in [-0.1, -0.05) is 12.5 Å². The maximum absolute atomic E-state index is 12.4. The molecule has 1 N–H and O–H groups in total. The lowest BCUT2D eigenvalue weighted by molar-refractivity contribution is -0.116. The number of amides is 1. The summed E-state index contributed by atoms with van der Waals surface area (Å²) in [5.74, 6) is 3.01. The minimum Gasteiger partial charge on any atom is -0.497 e. The number of hydrogen-bond donors (Lipinski definition) is 1. The average molecular weight is 394 g/mol. The molecule has 0 atom stereocenters. The number of nitrogens with one attached hydrogen (secondary N) is 1. The summed E-state index contributed by atoms with van der Waals surface area (Å²) in [6.07, 6.45) is 7.42. The number of aryl methyl sites for hydroxylation is 1. The molecule has 1 amide bonds. The molecule has 0 spiro atoms. The third kappa shape index (κ3) is 4.18. The van der Waals surface area contributed by atoms with Crippen molar-refractivity contribution < 1.29 is 14.3 Å². The normalized spacial score (nSPS) is 13.9. The van der Waals surface area contributed by atoms with Crippen molar-refractivity contribution in [3.05, 3.63) is 47.9 Å². The SMILES string of the molecule is COc1ccc(CCCC(=O)Nc2ccc3nnc(C4CCC4)n3c2)c(OC)c1. The summed E-state index contributed by atoms with van der Waals surface area (Å²) in [6.45, 7) is 0.